The highest BCUT2D eigenvalue weighted by atomic mass is 32.1. The molecule has 2 aromatic heterocycles. The predicted molar refractivity (Wildman–Crippen MR) is 76.0 cm³/mol. The SMILES string of the molecule is Cc1cc(N)sc1-c1nc(Cc2ccccc2)no1. The van der Waals surface area contributed by atoms with Crippen molar-refractivity contribution < 1.29 is 4.52 Å². The maximum atomic E-state index is 5.78. The summed E-state index contributed by atoms with van der Waals surface area (Å²) in [4.78, 5) is 5.38. The molecule has 0 radical (unpaired) electrons. The van der Waals surface area contributed by atoms with Gasteiger partial charge in [0.25, 0.3) is 5.89 Å². The Morgan fingerprint density at radius 1 is 1.26 bits per heavy atom. The Morgan fingerprint density at radius 3 is 2.74 bits per heavy atom. The topological polar surface area (TPSA) is 64.9 Å². The standard InChI is InChI=1S/C14H13N3OS/c1-9-7-11(15)19-13(9)14-16-12(17-18-14)8-10-5-3-2-4-6-10/h2-7H,8,15H2,1H3. The number of benzene rings is 1. The molecular formula is C14H13N3OS. The minimum Gasteiger partial charge on any atom is -0.391 e. The van der Waals surface area contributed by atoms with Crippen LogP contribution in [0.3, 0.4) is 0 Å². The number of aryl methyl sites for hydroxylation is 1. The first-order chi connectivity index (χ1) is 9.22. The lowest BCUT2D eigenvalue weighted by Crippen LogP contribution is -1.89. The number of hydrogen-bond acceptors (Lipinski definition) is 5. The van der Waals surface area contributed by atoms with Crippen molar-refractivity contribution in [1.29, 1.82) is 0 Å². The molecule has 0 fully saturated rings. The molecule has 0 saturated carbocycles. The maximum absolute atomic E-state index is 5.78. The van der Waals surface area contributed by atoms with E-state index in [0.717, 1.165) is 21.0 Å². The number of nitrogens with two attached hydrogens (primary N) is 1. The first kappa shape index (κ1) is 11.9. The largest absolute Gasteiger partial charge is 0.391 e. The number of anilines is 1. The van der Waals surface area contributed by atoms with Crippen LogP contribution in [0.4, 0.5) is 5.00 Å². The summed E-state index contributed by atoms with van der Waals surface area (Å²) < 4.78 is 5.31. The minimum atomic E-state index is 0.546. The quantitative estimate of drug-likeness (QED) is 0.794. The number of hydrogen-bond donors (Lipinski definition) is 1. The Bertz CT molecular complexity index is 688. The van der Waals surface area contributed by atoms with E-state index in [1.807, 2.05) is 43.3 Å². The maximum Gasteiger partial charge on any atom is 0.268 e. The summed E-state index contributed by atoms with van der Waals surface area (Å²) in [6.07, 6.45) is 0.671. The molecule has 1 aromatic carbocycles. The molecule has 2 N–H and O–H groups in total. The summed E-state index contributed by atoms with van der Waals surface area (Å²) in [5, 5.41) is 4.78. The molecule has 0 spiro atoms. The first-order valence-corrected chi connectivity index (χ1v) is 6.77. The zero-order valence-electron chi connectivity index (χ0n) is 10.5. The van der Waals surface area contributed by atoms with Gasteiger partial charge in [0.15, 0.2) is 5.82 Å². The molecule has 0 saturated heterocycles. The van der Waals surface area contributed by atoms with Gasteiger partial charge in [-0.3, -0.25) is 0 Å². The van der Waals surface area contributed by atoms with Crippen molar-refractivity contribution in [3.8, 4) is 10.8 Å². The second-order valence-electron chi connectivity index (χ2n) is 4.34. The third kappa shape index (κ3) is 2.51. The number of nitrogen functional groups attached to an aromatic ring is 1. The van der Waals surface area contributed by atoms with Gasteiger partial charge in [-0.25, -0.2) is 0 Å². The zero-order chi connectivity index (χ0) is 13.2. The Labute approximate surface area is 114 Å². The smallest absolute Gasteiger partial charge is 0.268 e. The van der Waals surface area contributed by atoms with Crippen LogP contribution in [0, 0.1) is 6.92 Å². The van der Waals surface area contributed by atoms with E-state index in [4.69, 9.17) is 10.3 Å². The van der Waals surface area contributed by atoms with E-state index < -0.39 is 0 Å². The van der Waals surface area contributed by atoms with E-state index in [1.165, 1.54) is 11.3 Å². The Hall–Kier alpha value is -2.14. The fourth-order valence-corrected chi connectivity index (χ4v) is 2.78. The van der Waals surface area contributed by atoms with E-state index in [2.05, 4.69) is 10.1 Å². The Kier molecular flexibility index (Phi) is 3.05. The fourth-order valence-electron chi connectivity index (χ4n) is 1.92. The van der Waals surface area contributed by atoms with Crippen molar-refractivity contribution in [3.05, 3.63) is 53.3 Å². The number of aromatic nitrogens is 2. The van der Waals surface area contributed by atoms with Crippen molar-refractivity contribution in [2.45, 2.75) is 13.3 Å². The predicted octanol–water partition coefficient (Wildman–Crippen LogP) is 3.28. The normalized spacial score (nSPS) is 10.8. The first-order valence-electron chi connectivity index (χ1n) is 5.95. The third-order valence-corrected chi connectivity index (χ3v) is 3.86. The van der Waals surface area contributed by atoms with Crippen molar-refractivity contribution in [2.24, 2.45) is 0 Å². The summed E-state index contributed by atoms with van der Waals surface area (Å²) in [7, 11) is 0. The lowest BCUT2D eigenvalue weighted by molar-refractivity contribution is 0.424. The molecule has 0 aliphatic rings. The number of rotatable bonds is 3. The number of thiophene rings is 1. The molecule has 3 rings (SSSR count). The van der Waals surface area contributed by atoms with Gasteiger partial charge in [-0.1, -0.05) is 35.5 Å². The molecule has 0 aliphatic carbocycles. The molecule has 0 atom stereocenters. The van der Waals surface area contributed by atoms with Crippen LogP contribution in [0.15, 0.2) is 40.9 Å². The van der Waals surface area contributed by atoms with Gasteiger partial charge < -0.3 is 10.3 Å². The van der Waals surface area contributed by atoms with Crippen molar-refractivity contribution in [3.63, 3.8) is 0 Å². The molecule has 19 heavy (non-hydrogen) atoms. The zero-order valence-corrected chi connectivity index (χ0v) is 11.3. The van der Waals surface area contributed by atoms with Gasteiger partial charge in [0.2, 0.25) is 0 Å². The van der Waals surface area contributed by atoms with Crippen LogP contribution in [0.25, 0.3) is 10.8 Å². The van der Waals surface area contributed by atoms with Gasteiger partial charge in [0, 0.05) is 6.42 Å². The lowest BCUT2D eigenvalue weighted by atomic mass is 10.1. The van der Waals surface area contributed by atoms with E-state index in [-0.39, 0.29) is 0 Å². The Morgan fingerprint density at radius 2 is 2.05 bits per heavy atom. The van der Waals surface area contributed by atoms with Crippen LogP contribution in [0.1, 0.15) is 17.0 Å². The van der Waals surface area contributed by atoms with Gasteiger partial charge in [-0.15, -0.1) is 11.3 Å². The molecule has 0 bridgehead atoms. The summed E-state index contributed by atoms with van der Waals surface area (Å²) >= 11 is 1.47. The summed E-state index contributed by atoms with van der Waals surface area (Å²) in [5.41, 5.74) is 8.01. The van der Waals surface area contributed by atoms with Crippen LogP contribution in [0.2, 0.25) is 0 Å². The molecule has 0 aliphatic heterocycles. The van der Waals surface area contributed by atoms with E-state index in [0.29, 0.717) is 18.1 Å². The van der Waals surface area contributed by atoms with Crippen molar-refractivity contribution in [2.75, 3.05) is 5.73 Å². The van der Waals surface area contributed by atoms with E-state index >= 15 is 0 Å². The highest BCUT2D eigenvalue weighted by molar-refractivity contribution is 7.19. The molecule has 3 aromatic rings. The number of nitrogens with zero attached hydrogens (tertiary/aromatic N) is 2. The summed E-state index contributed by atoms with van der Waals surface area (Å²) in [6, 6.07) is 12.0. The molecular weight excluding hydrogens is 258 g/mol. The Balaban J connectivity index is 1.86. The van der Waals surface area contributed by atoms with Crippen LogP contribution in [-0.4, -0.2) is 10.1 Å². The van der Waals surface area contributed by atoms with E-state index in [9.17, 15) is 0 Å². The molecule has 0 unspecified atom stereocenters. The fraction of sp³-hybridized carbons (Fsp3) is 0.143. The molecule has 4 nitrogen and oxygen atoms in total. The van der Waals surface area contributed by atoms with Crippen LogP contribution < -0.4 is 5.73 Å². The van der Waals surface area contributed by atoms with Gasteiger partial charge in [0.1, 0.15) is 0 Å². The average Bonchev–Trinajstić information content (AvgIpc) is 2.97. The average molecular weight is 271 g/mol. The lowest BCUT2D eigenvalue weighted by Gasteiger charge is -1.94. The highest BCUT2D eigenvalue weighted by Crippen LogP contribution is 2.32. The van der Waals surface area contributed by atoms with Gasteiger partial charge >= 0.3 is 0 Å². The monoisotopic (exact) mass is 271 g/mol. The van der Waals surface area contributed by atoms with Crippen LogP contribution >= 0.6 is 11.3 Å². The van der Waals surface area contributed by atoms with Crippen molar-refractivity contribution in [1.82, 2.24) is 10.1 Å². The highest BCUT2D eigenvalue weighted by Gasteiger charge is 2.14. The molecule has 2 heterocycles. The molecule has 96 valence electrons. The second kappa shape index (κ2) is 4.85. The van der Waals surface area contributed by atoms with E-state index in [1.54, 1.807) is 0 Å². The summed E-state index contributed by atoms with van der Waals surface area (Å²) in [6.45, 7) is 1.99. The van der Waals surface area contributed by atoms with Gasteiger partial charge in [-0.2, -0.15) is 4.98 Å². The molecule has 5 heteroatoms. The minimum absolute atomic E-state index is 0.546. The second-order valence-corrected chi connectivity index (χ2v) is 5.42. The van der Waals surface area contributed by atoms with Crippen LogP contribution in [0.5, 0.6) is 0 Å². The van der Waals surface area contributed by atoms with Crippen LogP contribution in [-0.2, 0) is 6.42 Å². The van der Waals surface area contributed by atoms with Gasteiger partial charge in [0.05, 0.1) is 9.88 Å². The molecule has 0 amide bonds. The third-order valence-electron chi connectivity index (χ3n) is 2.80. The van der Waals surface area contributed by atoms with Gasteiger partial charge in [-0.05, 0) is 24.1 Å². The summed E-state index contributed by atoms with van der Waals surface area (Å²) in [5.74, 6) is 1.23. The van der Waals surface area contributed by atoms with Crippen molar-refractivity contribution >= 4 is 16.3 Å².